The van der Waals surface area contributed by atoms with Crippen molar-refractivity contribution in [1.29, 1.82) is 0 Å². The van der Waals surface area contributed by atoms with Gasteiger partial charge in [-0.25, -0.2) is 9.59 Å². The summed E-state index contributed by atoms with van der Waals surface area (Å²) in [5.41, 5.74) is 3.38. The van der Waals surface area contributed by atoms with Crippen molar-refractivity contribution in [2.45, 2.75) is 44.6 Å². The van der Waals surface area contributed by atoms with E-state index >= 15 is 4.57 Å². The van der Waals surface area contributed by atoms with E-state index in [1.54, 1.807) is 25.1 Å². The number of amides is 2. The van der Waals surface area contributed by atoms with Gasteiger partial charge in [-0.05, 0) is 35.7 Å². The van der Waals surface area contributed by atoms with Crippen molar-refractivity contribution >= 4 is 25.3 Å². The monoisotopic (exact) mass is 739 g/mol. The third-order valence-corrected chi connectivity index (χ3v) is 11.4. The molecule has 4 atom stereocenters. The SMILES string of the molecule is CCOP(=O)(CC(Cc1cc(-c2ccccc2)no1)C(=O)NC(Cc1ccc(O)cc1)C(=O)O)[C@H](Cc1ccccc1)NC(=O)OCc1ccccc1. The van der Waals surface area contributed by atoms with Gasteiger partial charge < -0.3 is 34.6 Å². The lowest BCUT2D eigenvalue weighted by atomic mass is 10.0. The molecule has 0 aliphatic carbocycles. The number of carboxylic acid groups (broad SMARTS) is 1. The topological polar surface area (TPSA) is 177 Å². The molecule has 53 heavy (non-hydrogen) atoms. The second kappa shape index (κ2) is 18.7. The summed E-state index contributed by atoms with van der Waals surface area (Å²) in [5, 5.41) is 29.3. The smallest absolute Gasteiger partial charge is 0.408 e. The molecule has 13 heteroatoms. The molecule has 0 aliphatic heterocycles. The van der Waals surface area contributed by atoms with Crippen molar-refractivity contribution in [2.24, 2.45) is 5.92 Å². The highest BCUT2D eigenvalue weighted by molar-refractivity contribution is 7.59. The second-order valence-corrected chi connectivity index (χ2v) is 15.2. The predicted octanol–water partition coefficient (Wildman–Crippen LogP) is 6.83. The zero-order valence-corrected chi connectivity index (χ0v) is 30.1. The van der Waals surface area contributed by atoms with Crippen LogP contribution in [0.2, 0.25) is 0 Å². The largest absolute Gasteiger partial charge is 0.508 e. The lowest BCUT2D eigenvalue weighted by molar-refractivity contribution is -0.142. The van der Waals surface area contributed by atoms with Gasteiger partial charge in [0, 0.05) is 37.1 Å². The molecule has 5 rings (SSSR count). The number of hydrogen-bond acceptors (Lipinski definition) is 9. The molecule has 1 heterocycles. The molecule has 5 aromatic rings. The molecule has 3 unspecified atom stereocenters. The number of phenolic OH excluding ortho intramolecular Hbond substituents is 1. The number of aliphatic carboxylic acids is 1. The number of nitrogens with one attached hydrogen (secondary N) is 2. The van der Waals surface area contributed by atoms with Crippen LogP contribution in [0.25, 0.3) is 11.3 Å². The van der Waals surface area contributed by atoms with E-state index in [1.807, 2.05) is 91.0 Å². The maximum absolute atomic E-state index is 15.1. The molecule has 0 bridgehead atoms. The molecule has 0 saturated carbocycles. The number of benzene rings is 4. The fourth-order valence-electron chi connectivity index (χ4n) is 5.82. The van der Waals surface area contributed by atoms with Crippen molar-refractivity contribution in [3.63, 3.8) is 0 Å². The predicted molar refractivity (Wildman–Crippen MR) is 198 cm³/mol. The molecule has 0 fully saturated rings. The second-order valence-electron chi connectivity index (χ2n) is 12.5. The van der Waals surface area contributed by atoms with E-state index < -0.39 is 43.1 Å². The first-order valence-electron chi connectivity index (χ1n) is 17.2. The van der Waals surface area contributed by atoms with Gasteiger partial charge in [0.2, 0.25) is 13.3 Å². The Kier molecular flexibility index (Phi) is 13.6. The maximum Gasteiger partial charge on any atom is 0.408 e. The standard InChI is InChI=1S/C40H42N3O9P/c1-2-51-53(49,37(23-28-12-6-3-7-13-28)42-40(48)50-26-30-14-8-4-9-15-30)27-32(24-34-25-35(43-52-34)31-16-10-5-11-17-31)38(45)41-36(39(46)47)22-29-18-20-33(44)21-19-29/h3-21,25,32,36-37,44H,2,22-24,26-27H2,1H3,(H,41,45)(H,42,48)(H,46,47)/t32?,36?,37-,53?/m1/s1. The number of nitrogens with zero attached hydrogens (tertiary/aromatic N) is 1. The summed E-state index contributed by atoms with van der Waals surface area (Å²) in [6.45, 7) is 1.63. The maximum atomic E-state index is 15.1. The number of aromatic nitrogens is 1. The highest BCUT2D eigenvalue weighted by Crippen LogP contribution is 2.54. The summed E-state index contributed by atoms with van der Waals surface area (Å²) in [5.74, 6) is -3.95. The molecule has 0 saturated heterocycles. The summed E-state index contributed by atoms with van der Waals surface area (Å²) in [6.07, 6.45) is -1.30. The highest BCUT2D eigenvalue weighted by atomic mass is 31.2. The number of ether oxygens (including phenoxy) is 1. The number of carbonyl (C=O) groups excluding carboxylic acids is 2. The van der Waals surface area contributed by atoms with Gasteiger partial charge >= 0.3 is 12.1 Å². The number of phenols is 1. The Hall–Kier alpha value is -5.71. The summed E-state index contributed by atoms with van der Waals surface area (Å²) < 4.78 is 32.3. The van der Waals surface area contributed by atoms with Gasteiger partial charge in [-0.1, -0.05) is 108 Å². The van der Waals surface area contributed by atoms with E-state index in [9.17, 15) is 24.6 Å². The van der Waals surface area contributed by atoms with E-state index in [0.29, 0.717) is 17.0 Å². The van der Waals surface area contributed by atoms with Crippen LogP contribution in [-0.4, -0.2) is 57.9 Å². The van der Waals surface area contributed by atoms with E-state index in [2.05, 4.69) is 15.8 Å². The highest BCUT2D eigenvalue weighted by Gasteiger charge is 2.41. The summed E-state index contributed by atoms with van der Waals surface area (Å²) in [4.78, 5) is 39.8. The third kappa shape index (κ3) is 11.4. The van der Waals surface area contributed by atoms with Crippen molar-refractivity contribution in [1.82, 2.24) is 15.8 Å². The van der Waals surface area contributed by atoms with Gasteiger partial charge in [0.05, 0.1) is 12.5 Å². The average molecular weight is 740 g/mol. The van der Waals surface area contributed by atoms with Gasteiger partial charge in [0.1, 0.15) is 35.6 Å². The fourth-order valence-corrected chi connectivity index (χ4v) is 8.49. The molecule has 1 aromatic heterocycles. The van der Waals surface area contributed by atoms with Crippen LogP contribution in [0.5, 0.6) is 5.75 Å². The van der Waals surface area contributed by atoms with Crippen LogP contribution < -0.4 is 10.6 Å². The van der Waals surface area contributed by atoms with E-state index in [4.69, 9.17) is 13.8 Å². The number of aromatic hydroxyl groups is 1. The zero-order valence-electron chi connectivity index (χ0n) is 29.2. The van der Waals surface area contributed by atoms with Crippen molar-refractivity contribution in [3.8, 4) is 17.0 Å². The summed E-state index contributed by atoms with van der Waals surface area (Å²) >= 11 is 0. The van der Waals surface area contributed by atoms with Crippen LogP contribution >= 0.6 is 7.37 Å². The normalized spacial score (nSPS) is 13.9. The first-order valence-corrected chi connectivity index (χ1v) is 19.1. The Labute approximate surface area is 307 Å². The Morgan fingerprint density at radius 2 is 1.40 bits per heavy atom. The van der Waals surface area contributed by atoms with Crippen LogP contribution in [0, 0.1) is 5.92 Å². The molecular formula is C40H42N3O9P. The van der Waals surface area contributed by atoms with Crippen LogP contribution in [0.15, 0.2) is 126 Å². The molecular weight excluding hydrogens is 697 g/mol. The van der Waals surface area contributed by atoms with Crippen molar-refractivity contribution in [3.05, 3.63) is 144 Å². The molecule has 0 radical (unpaired) electrons. The molecule has 4 N–H and O–H groups in total. The number of rotatable bonds is 18. The van der Waals surface area contributed by atoms with Gasteiger partial charge in [-0.15, -0.1) is 0 Å². The van der Waals surface area contributed by atoms with Gasteiger partial charge in [-0.2, -0.15) is 0 Å². The first kappa shape index (κ1) is 38.5. The lowest BCUT2D eigenvalue weighted by Crippen LogP contribution is -2.47. The molecule has 276 valence electrons. The molecule has 0 spiro atoms. The van der Waals surface area contributed by atoms with Crippen molar-refractivity contribution in [2.75, 3.05) is 12.8 Å². The van der Waals surface area contributed by atoms with Gasteiger partial charge in [0.15, 0.2) is 0 Å². The first-order chi connectivity index (χ1) is 25.6. The Morgan fingerprint density at radius 3 is 2.02 bits per heavy atom. The average Bonchev–Trinajstić information content (AvgIpc) is 3.64. The van der Waals surface area contributed by atoms with E-state index in [-0.39, 0.29) is 44.4 Å². The van der Waals surface area contributed by atoms with E-state index in [1.165, 1.54) is 12.1 Å². The van der Waals surface area contributed by atoms with Crippen LogP contribution in [0.1, 0.15) is 29.4 Å². The molecule has 2 amide bonds. The zero-order chi connectivity index (χ0) is 37.6. The summed E-state index contributed by atoms with van der Waals surface area (Å²) in [6, 6.07) is 33.8. The van der Waals surface area contributed by atoms with E-state index in [0.717, 1.165) is 16.7 Å². The number of carboxylic acids is 1. The number of hydrogen-bond donors (Lipinski definition) is 4. The van der Waals surface area contributed by atoms with Crippen LogP contribution in [0.4, 0.5) is 4.79 Å². The van der Waals surface area contributed by atoms with Crippen LogP contribution in [-0.2, 0) is 49.3 Å². The molecule has 4 aromatic carbocycles. The number of carbonyl (C=O) groups is 3. The number of alkyl carbamates (subject to hydrolysis) is 1. The minimum Gasteiger partial charge on any atom is -0.508 e. The minimum atomic E-state index is -3.99. The van der Waals surface area contributed by atoms with Crippen molar-refractivity contribution < 1.29 is 42.9 Å². The lowest BCUT2D eigenvalue weighted by Gasteiger charge is -2.31. The fraction of sp³-hybridized carbons (Fsp3) is 0.250. The minimum absolute atomic E-state index is 0.00326. The quantitative estimate of drug-likeness (QED) is 0.0697. The Balaban J connectivity index is 1.45. The van der Waals surface area contributed by atoms with Crippen LogP contribution in [0.3, 0.4) is 0 Å². The Bertz CT molecular complexity index is 1970. The van der Waals surface area contributed by atoms with Gasteiger partial charge in [0.25, 0.3) is 0 Å². The third-order valence-electron chi connectivity index (χ3n) is 8.50. The molecule has 12 nitrogen and oxygen atoms in total. The summed E-state index contributed by atoms with van der Waals surface area (Å²) in [7, 11) is -3.99. The molecule has 0 aliphatic rings. The van der Waals surface area contributed by atoms with Gasteiger partial charge in [-0.3, -0.25) is 9.36 Å². The Morgan fingerprint density at radius 1 is 0.792 bits per heavy atom.